The van der Waals surface area contributed by atoms with E-state index in [-0.39, 0.29) is 5.56 Å². The highest BCUT2D eigenvalue weighted by atomic mass is 32.2. The van der Waals surface area contributed by atoms with E-state index in [2.05, 4.69) is 35.4 Å². The number of ether oxygens (including phenoxy) is 2. The van der Waals surface area contributed by atoms with E-state index >= 15 is 0 Å². The summed E-state index contributed by atoms with van der Waals surface area (Å²) in [7, 11) is 1.36. The van der Waals surface area contributed by atoms with E-state index in [4.69, 9.17) is 9.47 Å². The minimum Gasteiger partial charge on any atom is -0.488 e. The van der Waals surface area contributed by atoms with E-state index < -0.39 is 5.97 Å². The lowest BCUT2D eigenvalue weighted by Gasteiger charge is -2.19. The first kappa shape index (κ1) is 22.6. The highest BCUT2D eigenvalue weighted by Gasteiger charge is 2.26. The minimum atomic E-state index is -0.477. The number of nitrogens with zero attached hydrogens (tertiary/aromatic N) is 2. The molecule has 0 atom stereocenters. The van der Waals surface area contributed by atoms with Crippen molar-refractivity contribution in [2.24, 2.45) is 0 Å². The van der Waals surface area contributed by atoms with Crippen LogP contribution in [0.1, 0.15) is 27.2 Å². The number of rotatable bonds is 7. The van der Waals surface area contributed by atoms with Crippen LogP contribution in [0.15, 0.2) is 56.8 Å². The second kappa shape index (κ2) is 10.4. The number of methoxy groups -OCH3 is 1. The van der Waals surface area contributed by atoms with Gasteiger partial charge in [-0.2, -0.15) is 11.3 Å². The first-order valence-corrected chi connectivity index (χ1v) is 12.6. The molecular formula is C24H26N2O4S2. The normalized spacial score (nSPS) is 13.9. The first-order valence-electron chi connectivity index (χ1n) is 10.4. The number of hydrogen-bond donors (Lipinski definition) is 0. The maximum Gasteiger partial charge on any atom is 0.343 e. The van der Waals surface area contributed by atoms with Gasteiger partial charge in [-0.15, -0.1) is 11.8 Å². The summed E-state index contributed by atoms with van der Waals surface area (Å²) in [6.07, 6.45) is 2.63. The maximum atomic E-state index is 12.9. The second-order valence-corrected chi connectivity index (χ2v) is 9.27. The van der Waals surface area contributed by atoms with Crippen LogP contribution in [0.3, 0.4) is 0 Å². The van der Waals surface area contributed by atoms with Crippen LogP contribution < -0.4 is 10.3 Å². The van der Waals surface area contributed by atoms with Crippen LogP contribution in [-0.2, 0) is 30.9 Å². The van der Waals surface area contributed by atoms with Gasteiger partial charge in [-0.1, -0.05) is 12.1 Å². The largest absolute Gasteiger partial charge is 0.488 e. The van der Waals surface area contributed by atoms with Crippen LogP contribution in [0.25, 0.3) is 0 Å². The smallest absolute Gasteiger partial charge is 0.343 e. The molecule has 1 aliphatic heterocycles. The number of benzene rings is 1. The molecule has 0 amide bonds. The predicted molar refractivity (Wildman–Crippen MR) is 128 cm³/mol. The average Bonchev–Trinajstić information content (AvgIpc) is 3.25. The fourth-order valence-electron chi connectivity index (χ4n) is 3.91. The molecule has 1 aliphatic rings. The van der Waals surface area contributed by atoms with Gasteiger partial charge in [0.2, 0.25) is 0 Å². The predicted octanol–water partition coefficient (Wildman–Crippen LogP) is 4.06. The third-order valence-electron chi connectivity index (χ3n) is 5.62. The van der Waals surface area contributed by atoms with E-state index in [1.54, 1.807) is 27.7 Å². The summed E-state index contributed by atoms with van der Waals surface area (Å²) < 4.78 is 12.7. The summed E-state index contributed by atoms with van der Waals surface area (Å²) in [6, 6.07) is 11.9. The van der Waals surface area contributed by atoms with E-state index in [0.717, 1.165) is 25.2 Å². The summed E-state index contributed by atoms with van der Waals surface area (Å²) in [4.78, 5) is 29.2. The Morgan fingerprint density at radius 3 is 2.62 bits per heavy atom. The van der Waals surface area contributed by atoms with Gasteiger partial charge in [0.15, 0.2) is 0 Å². The molecule has 0 aliphatic carbocycles. The maximum absolute atomic E-state index is 12.9. The van der Waals surface area contributed by atoms with Crippen LogP contribution in [0.4, 0.5) is 0 Å². The zero-order chi connectivity index (χ0) is 22.5. The Hall–Kier alpha value is -2.55. The third kappa shape index (κ3) is 5.09. The minimum absolute atomic E-state index is 0.154. The number of carbonyl (C=O) groups is 1. The molecule has 1 aromatic carbocycles. The number of aromatic nitrogens is 1. The molecule has 3 heterocycles. The molecule has 8 heteroatoms. The van der Waals surface area contributed by atoms with Gasteiger partial charge in [0.25, 0.3) is 5.56 Å². The molecule has 0 spiro atoms. The second-order valence-electron chi connectivity index (χ2n) is 7.61. The molecule has 2 aromatic heterocycles. The van der Waals surface area contributed by atoms with Crippen LogP contribution in [-0.4, -0.2) is 41.9 Å². The molecule has 0 radical (unpaired) electrons. The number of hydrogen-bond acceptors (Lipinski definition) is 7. The van der Waals surface area contributed by atoms with E-state index in [0.29, 0.717) is 36.6 Å². The summed E-state index contributed by atoms with van der Waals surface area (Å²) in [5.41, 5.74) is 3.12. The van der Waals surface area contributed by atoms with Crippen molar-refractivity contribution in [2.45, 2.75) is 31.0 Å². The lowest BCUT2D eigenvalue weighted by Crippen LogP contribution is -2.29. The average molecular weight is 471 g/mol. The number of carbonyl (C=O) groups excluding carboxylic acids is 1. The van der Waals surface area contributed by atoms with Gasteiger partial charge in [0, 0.05) is 49.3 Å². The van der Waals surface area contributed by atoms with Crippen LogP contribution in [0, 0.1) is 0 Å². The van der Waals surface area contributed by atoms with Crippen molar-refractivity contribution in [3.8, 4) is 5.75 Å². The monoisotopic (exact) mass is 470 g/mol. The molecule has 0 saturated heterocycles. The van der Waals surface area contributed by atoms with E-state index in [1.807, 2.05) is 16.8 Å². The number of esters is 1. The SMILES string of the molecule is COC(=O)c1c(OCc2ccsc2)cc(=O)n2c1CCN(Cc1ccc(SC)cc1)CC2. The number of pyridine rings is 1. The molecule has 0 saturated carbocycles. The van der Waals surface area contributed by atoms with Gasteiger partial charge < -0.3 is 14.0 Å². The summed E-state index contributed by atoms with van der Waals surface area (Å²) in [5, 5.41) is 3.95. The van der Waals surface area contributed by atoms with Crippen molar-refractivity contribution in [3.63, 3.8) is 0 Å². The number of thioether (sulfide) groups is 1. The molecule has 0 unspecified atom stereocenters. The quantitative estimate of drug-likeness (QED) is 0.383. The molecule has 6 nitrogen and oxygen atoms in total. The van der Waals surface area contributed by atoms with Crippen LogP contribution >= 0.6 is 23.1 Å². The molecule has 0 fully saturated rings. The number of fused-ring (bicyclic) bond motifs is 1. The Labute approximate surface area is 195 Å². The van der Waals surface area contributed by atoms with Gasteiger partial charge in [-0.3, -0.25) is 9.69 Å². The van der Waals surface area contributed by atoms with Crippen LogP contribution in [0.5, 0.6) is 5.75 Å². The van der Waals surface area contributed by atoms with Crippen molar-refractivity contribution >= 4 is 29.1 Å². The Kier molecular flexibility index (Phi) is 7.34. The lowest BCUT2D eigenvalue weighted by atomic mass is 10.1. The zero-order valence-corrected chi connectivity index (χ0v) is 19.8. The van der Waals surface area contributed by atoms with Crippen LogP contribution in [0.2, 0.25) is 0 Å². The summed E-state index contributed by atoms with van der Waals surface area (Å²) in [6.45, 7) is 3.08. The highest BCUT2D eigenvalue weighted by Crippen LogP contribution is 2.26. The van der Waals surface area contributed by atoms with Crippen molar-refractivity contribution in [3.05, 3.63) is 79.9 Å². The van der Waals surface area contributed by atoms with E-state index in [9.17, 15) is 9.59 Å². The van der Waals surface area contributed by atoms with Gasteiger partial charge >= 0.3 is 5.97 Å². The van der Waals surface area contributed by atoms with Crippen molar-refractivity contribution in [1.82, 2.24) is 9.47 Å². The fraction of sp³-hybridized carbons (Fsp3) is 0.333. The lowest BCUT2D eigenvalue weighted by molar-refractivity contribution is 0.0592. The standard InChI is InChI=1S/C24H26N2O4S2/c1-29-24(28)23-20-7-9-25(14-17-3-5-19(31-2)6-4-17)10-11-26(20)22(27)13-21(23)30-15-18-8-12-32-16-18/h3-6,8,12-13,16H,7,9-11,14-15H2,1-2H3. The Morgan fingerprint density at radius 2 is 1.94 bits per heavy atom. The molecule has 3 aromatic rings. The van der Waals surface area contributed by atoms with Crippen molar-refractivity contribution < 1.29 is 14.3 Å². The molecule has 168 valence electrons. The van der Waals surface area contributed by atoms with Gasteiger partial charge in [0.05, 0.1) is 7.11 Å². The fourth-order valence-corrected chi connectivity index (χ4v) is 4.97. The topological polar surface area (TPSA) is 60.8 Å². The molecular weight excluding hydrogens is 444 g/mol. The molecule has 0 bridgehead atoms. The first-order chi connectivity index (χ1) is 15.6. The van der Waals surface area contributed by atoms with Gasteiger partial charge in [-0.05, 0) is 46.3 Å². The summed E-state index contributed by atoms with van der Waals surface area (Å²) >= 11 is 3.30. The Bertz CT molecular complexity index is 1120. The summed E-state index contributed by atoms with van der Waals surface area (Å²) in [5.74, 6) is -0.185. The Balaban J connectivity index is 1.58. The third-order valence-corrected chi connectivity index (χ3v) is 7.09. The van der Waals surface area contributed by atoms with Crippen molar-refractivity contribution in [1.29, 1.82) is 0 Å². The van der Waals surface area contributed by atoms with Crippen molar-refractivity contribution in [2.75, 3.05) is 26.5 Å². The molecule has 32 heavy (non-hydrogen) atoms. The van der Waals surface area contributed by atoms with Gasteiger partial charge in [-0.25, -0.2) is 4.79 Å². The molecule has 4 rings (SSSR count). The molecule has 0 N–H and O–H groups in total. The van der Waals surface area contributed by atoms with E-state index in [1.165, 1.54) is 23.6 Å². The Morgan fingerprint density at radius 1 is 1.12 bits per heavy atom. The zero-order valence-electron chi connectivity index (χ0n) is 18.2. The highest BCUT2D eigenvalue weighted by molar-refractivity contribution is 7.98. The van der Waals surface area contributed by atoms with Gasteiger partial charge in [0.1, 0.15) is 17.9 Å². The number of thiophene rings is 1.